The van der Waals surface area contributed by atoms with E-state index in [2.05, 4.69) is 10.3 Å². The average molecular weight is 377 g/mol. The van der Waals surface area contributed by atoms with Crippen LogP contribution in [0.3, 0.4) is 0 Å². The Balaban J connectivity index is 1.60. The number of carbonyl (C=O) groups excluding carboxylic acids is 1. The zero-order valence-corrected chi connectivity index (χ0v) is 16.0. The van der Waals surface area contributed by atoms with Crippen LogP contribution in [-0.4, -0.2) is 35.9 Å². The Morgan fingerprint density at radius 3 is 2.46 bits per heavy atom. The molecule has 140 valence electrons. The SMILES string of the molecule is Cn1ccnc1SC1CCC(NC(=O)c2cc(=O)n(C)c(=O)n2C)CC1. The summed E-state index contributed by atoms with van der Waals surface area (Å²) in [4.78, 5) is 40.6. The molecule has 1 saturated carbocycles. The first-order valence-electron chi connectivity index (χ1n) is 8.58. The lowest BCUT2D eigenvalue weighted by atomic mass is 9.95. The van der Waals surface area contributed by atoms with Crippen LogP contribution in [0, 0.1) is 0 Å². The van der Waals surface area contributed by atoms with Crippen LogP contribution in [0.5, 0.6) is 0 Å². The van der Waals surface area contributed by atoms with E-state index in [9.17, 15) is 14.4 Å². The number of hydrogen-bond acceptors (Lipinski definition) is 5. The van der Waals surface area contributed by atoms with Crippen LogP contribution in [0.15, 0.2) is 33.2 Å². The first-order valence-corrected chi connectivity index (χ1v) is 9.46. The van der Waals surface area contributed by atoms with Gasteiger partial charge in [0, 0.05) is 50.9 Å². The first-order chi connectivity index (χ1) is 12.4. The summed E-state index contributed by atoms with van der Waals surface area (Å²) in [5.41, 5.74) is -0.881. The highest BCUT2D eigenvalue weighted by Gasteiger charge is 2.25. The fourth-order valence-corrected chi connectivity index (χ4v) is 4.30. The van der Waals surface area contributed by atoms with Crippen LogP contribution in [0.25, 0.3) is 0 Å². The Labute approximate surface area is 155 Å². The van der Waals surface area contributed by atoms with E-state index in [0.717, 1.165) is 35.4 Å². The van der Waals surface area contributed by atoms with Crippen LogP contribution in [0.4, 0.5) is 0 Å². The molecule has 8 nitrogen and oxygen atoms in total. The molecule has 0 saturated heterocycles. The number of rotatable bonds is 4. The smallest absolute Gasteiger partial charge is 0.331 e. The third-order valence-electron chi connectivity index (χ3n) is 4.82. The van der Waals surface area contributed by atoms with Gasteiger partial charge in [0.1, 0.15) is 5.69 Å². The minimum atomic E-state index is -0.502. The Morgan fingerprint density at radius 2 is 1.85 bits per heavy atom. The lowest BCUT2D eigenvalue weighted by molar-refractivity contribution is 0.0917. The second-order valence-corrected chi connectivity index (χ2v) is 7.92. The van der Waals surface area contributed by atoms with E-state index in [1.54, 1.807) is 18.0 Å². The summed E-state index contributed by atoms with van der Waals surface area (Å²) in [7, 11) is 4.87. The van der Waals surface area contributed by atoms with Crippen molar-refractivity contribution in [1.29, 1.82) is 0 Å². The van der Waals surface area contributed by atoms with Gasteiger partial charge in [0.25, 0.3) is 11.5 Å². The van der Waals surface area contributed by atoms with E-state index in [4.69, 9.17) is 0 Å². The lowest BCUT2D eigenvalue weighted by Gasteiger charge is -2.28. The molecule has 0 atom stereocenters. The Hall–Kier alpha value is -2.29. The van der Waals surface area contributed by atoms with Crippen molar-refractivity contribution in [2.45, 2.75) is 42.1 Å². The van der Waals surface area contributed by atoms with Crippen molar-refractivity contribution in [3.8, 4) is 0 Å². The highest BCUT2D eigenvalue weighted by molar-refractivity contribution is 7.99. The van der Waals surface area contributed by atoms with Gasteiger partial charge in [-0.1, -0.05) is 11.8 Å². The van der Waals surface area contributed by atoms with Gasteiger partial charge < -0.3 is 9.88 Å². The molecule has 1 amide bonds. The molecule has 2 aromatic heterocycles. The van der Waals surface area contributed by atoms with Gasteiger partial charge in [0.15, 0.2) is 5.16 Å². The number of aryl methyl sites for hydroxylation is 1. The standard InChI is InChI=1S/C17H23N5O3S/c1-20-9-8-18-16(20)26-12-6-4-11(5-7-12)19-15(24)13-10-14(23)22(3)17(25)21(13)2/h8-12H,4-7H2,1-3H3,(H,19,24). The number of imidazole rings is 1. The van der Waals surface area contributed by atoms with Crippen molar-refractivity contribution in [3.05, 3.63) is 45.0 Å². The summed E-state index contributed by atoms with van der Waals surface area (Å²) in [6, 6.07) is 1.26. The molecule has 0 radical (unpaired) electrons. The molecule has 0 spiro atoms. The summed E-state index contributed by atoms with van der Waals surface area (Å²) in [6.07, 6.45) is 7.43. The van der Waals surface area contributed by atoms with E-state index in [0.29, 0.717) is 5.25 Å². The molecule has 9 heteroatoms. The molecule has 0 aliphatic heterocycles. The van der Waals surface area contributed by atoms with Crippen molar-refractivity contribution in [2.75, 3.05) is 0 Å². The summed E-state index contributed by atoms with van der Waals surface area (Å²) in [5, 5.41) is 4.45. The number of hydrogen-bond donors (Lipinski definition) is 1. The molecule has 1 aliphatic rings. The predicted molar refractivity (Wildman–Crippen MR) is 99.5 cm³/mol. The highest BCUT2D eigenvalue weighted by atomic mass is 32.2. The van der Waals surface area contributed by atoms with Crippen LogP contribution < -0.4 is 16.6 Å². The molecule has 0 aromatic carbocycles. The summed E-state index contributed by atoms with van der Waals surface area (Å²) in [6.45, 7) is 0. The minimum absolute atomic E-state index is 0.0554. The zero-order valence-electron chi connectivity index (χ0n) is 15.1. The normalized spacial score (nSPS) is 20.1. The molecule has 2 aromatic rings. The monoisotopic (exact) mass is 377 g/mol. The van der Waals surface area contributed by atoms with E-state index in [1.807, 2.05) is 17.8 Å². The molecular formula is C17H23N5O3S. The van der Waals surface area contributed by atoms with Gasteiger partial charge in [-0.25, -0.2) is 9.78 Å². The number of aromatic nitrogens is 4. The Morgan fingerprint density at radius 1 is 1.15 bits per heavy atom. The second-order valence-electron chi connectivity index (χ2n) is 6.65. The second kappa shape index (κ2) is 7.53. The van der Waals surface area contributed by atoms with Crippen molar-refractivity contribution in [3.63, 3.8) is 0 Å². The molecule has 3 rings (SSSR count). The minimum Gasteiger partial charge on any atom is -0.348 e. The molecule has 1 N–H and O–H groups in total. The van der Waals surface area contributed by atoms with Gasteiger partial charge >= 0.3 is 5.69 Å². The van der Waals surface area contributed by atoms with Crippen molar-refractivity contribution in [1.82, 2.24) is 24.0 Å². The summed E-state index contributed by atoms with van der Waals surface area (Å²) < 4.78 is 4.20. The van der Waals surface area contributed by atoms with Crippen LogP contribution in [-0.2, 0) is 21.1 Å². The Bertz CT molecular complexity index is 921. The van der Waals surface area contributed by atoms with E-state index in [1.165, 1.54) is 24.7 Å². The molecule has 1 fully saturated rings. The number of thioether (sulfide) groups is 1. The number of amides is 1. The summed E-state index contributed by atoms with van der Waals surface area (Å²) in [5.74, 6) is -0.373. The van der Waals surface area contributed by atoms with E-state index >= 15 is 0 Å². The van der Waals surface area contributed by atoms with E-state index in [-0.39, 0.29) is 17.6 Å². The van der Waals surface area contributed by atoms with Crippen LogP contribution in [0.2, 0.25) is 0 Å². The van der Waals surface area contributed by atoms with Gasteiger partial charge in [0.2, 0.25) is 0 Å². The predicted octanol–water partition coefficient (Wildman–Crippen LogP) is 0.651. The molecule has 0 unspecified atom stereocenters. The molecule has 0 bridgehead atoms. The molecule has 26 heavy (non-hydrogen) atoms. The molecule has 1 aliphatic carbocycles. The number of carbonyl (C=O) groups is 1. The van der Waals surface area contributed by atoms with Crippen LogP contribution >= 0.6 is 11.8 Å². The van der Waals surface area contributed by atoms with Gasteiger partial charge in [-0.3, -0.25) is 18.7 Å². The highest BCUT2D eigenvalue weighted by Crippen LogP contribution is 2.32. The fraction of sp³-hybridized carbons (Fsp3) is 0.529. The van der Waals surface area contributed by atoms with Crippen molar-refractivity contribution >= 4 is 17.7 Å². The third kappa shape index (κ3) is 3.77. The topological polar surface area (TPSA) is 90.9 Å². The quantitative estimate of drug-likeness (QED) is 0.845. The van der Waals surface area contributed by atoms with Gasteiger partial charge in [-0.05, 0) is 25.7 Å². The lowest BCUT2D eigenvalue weighted by Crippen LogP contribution is -2.44. The maximum Gasteiger partial charge on any atom is 0.331 e. The molecular weight excluding hydrogens is 354 g/mol. The van der Waals surface area contributed by atoms with Crippen molar-refractivity contribution < 1.29 is 4.79 Å². The zero-order chi connectivity index (χ0) is 18.8. The maximum atomic E-state index is 12.5. The van der Waals surface area contributed by atoms with E-state index < -0.39 is 11.2 Å². The average Bonchev–Trinajstić information content (AvgIpc) is 3.02. The van der Waals surface area contributed by atoms with Crippen LogP contribution in [0.1, 0.15) is 36.2 Å². The first kappa shape index (κ1) is 18.5. The largest absolute Gasteiger partial charge is 0.348 e. The van der Waals surface area contributed by atoms with Crippen molar-refractivity contribution in [2.24, 2.45) is 21.1 Å². The number of nitrogens with zero attached hydrogens (tertiary/aromatic N) is 4. The fourth-order valence-electron chi connectivity index (χ4n) is 3.15. The molecule has 2 heterocycles. The maximum absolute atomic E-state index is 12.5. The van der Waals surface area contributed by atoms with Gasteiger partial charge in [0.05, 0.1) is 0 Å². The van der Waals surface area contributed by atoms with Gasteiger partial charge in [-0.15, -0.1) is 0 Å². The Kier molecular flexibility index (Phi) is 5.36. The number of nitrogens with one attached hydrogen (secondary N) is 1. The summed E-state index contributed by atoms with van der Waals surface area (Å²) >= 11 is 1.77. The third-order valence-corrected chi connectivity index (χ3v) is 6.23. The van der Waals surface area contributed by atoms with Gasteiger partial charge in [-0.2, -0.15) is 0 Å².